The first-order chi connectivity index (χ1) is 9.19. The van der Waals surface area contributed by atoms with Gasteiger partial charge >= 0.3 is 0 Å². The number of nitrogens with one attached hydrogen (secondary N) is 1. The summed E-state index contributed by atoms with van der Waals surface area (Å²) >= 11 is 0. The second-order valence-electron chi connectivity index (χ2n) is 4.56. The number of furan rings is 1. The van der Waals surface area contributed by atoms with E-state index < -0.39 is 0 Å². The van der Waals surface area contributed by atoms with Crippen LogP contribution in [-0.4, -0.2) is 18.9 Å². The number of amides is 2. The predicted octanol–water partition coefficient (Wildman–Crippen LogP) is 1.96. The highest BCUT2D eigenvalue weighted by molar-refractivity contribution is 6.02. The van der Waals surface area contributed by atoms with Crippen LogP contribution in [0.5, 0.6) is 5.75 Å². The minimum Gasteiger partial charge on any atom is -0.497 e. The van der Waals surface area contributed by atoms with Crippen LogP contribution in [0.4, 0.5) is 0 Å². The summed E-state index contributed by atoms with van der Waals surface area (Å²) in [4.78, 5) is 23.1. The molecule has 0 saturated carbocycles. The summed E-state index contributed by atoms with van der Waals surface area (Å²) < 4.78 is 10.6. The number of hydrogen-bond acceptors (Lipinski definition) is 4. The van der Waals surface area contributed by atoms with Crippen molar-refractivity contribution in [1.82, 2.24) is 5.32 Å². The van der Waals surface area contributed by atoms with Gasteiger partial charge in [-0.2, -0.15) is 0 Å². The maximum Gasteiger partial charge on any atom is 0.234 e. The summed E-state index contributed by atoms with van der Waals surface area (Å²) in [6, 6.07) is 5.46. The van der Waals surface area contributed by atoms with Gasteiger partial charge in [-0.3, -0.25) is 14.9 Å². The molecule has 19 heavy (non-hydrogen) atoms. The molecule has 3 rings (SSSR count). The molecule has 5 nitrogen and oxygen atoms in total. The van der Waals surface area contributed by atoms with Crippen molar-refractivity contribution in [3.8, 4) is 5.75 Å². The summed E-state index contributed by atoms with van der Waals surface area (Å²) in [5.74, 6) is -0.109. The molecule has 0 aliphatic carbocycles. The Morgan fingerprint density at radius 2 is 2.21 bits per heavy atom. The lowest BCUT2D eigenvalue weighted by atomic mass is 9.90. The Balaban J connectivity index is 2.04. The van der Waals surface area contributed by atoms with Crippen LogP contribution >= 0.6 is 0 Å². The fourth-order valence-corrected chi connectivity index (χ4v) is 2.42. The van der Waals surface area contributed by atoms with E-state index in [1.807, 2.05) is 12.1 Å². The highest BCUT2D eigenvalue weighted by Gasteiger charge is 2.30. The molecule has 1 aromatic heterocycles. The highest BCUT2D eigenvalue weighted by Crippen LogP contribution is 2.34. The van der Waals surface area contributed by atoms with Crippen molar-refractivity contribution >= 4 is 22.8 Å². The second kappa shape index (κ2) is 4.42. The molecule has 1 atom stereocenters. The lowest BCUT2D eigenvalue weighted by Gasteiger charge is -2.19. The third kappa shape index (κ3) is 1.97. The number of carbonyl (C=O) groups excluding carboxylic acids is 2. The van der Waals surface area contributed by atoms with Crippen LogP contribution in [0.25, 0.3) is 11.0 Å². The van der Waals surface area contributed by atoms with E-state index in [0.717, 1.165) is 10.9 Å². The average Bonchev–Trinajstić information content (AvgIpc) is 2.81. The van der Waals surface area contributed by atoms with Crippen LogP contribution in [0.15, 0.2) is 28.9 Å². The number of ether oxygens (including phenoxy) is 1. The van der Waals surface area contributed by atoms with Gasteiger partial charge in [-0.15, -0.1) is 0 Å². The number of piperidine rings is 1. The van der Waals surface area contributed by atoms with E-state index in [9.17, 15) is 9.59 Å². The molecule has 1 fully saturated rings. The van der Waals surface area contributed by atoms with Crippen molar-refractivity contribution in [3.05, 3.63) is 30.0 Å². The first-order valence-corrected chi connectivity index (χ1v) is 6.08. The number of hydrogen-bond donors (Lipinski definition) is 1. The molecule has 0 bridgehead atoms. The zero-order chi connectivity index (χ0) is 13.4. The molecule has 0 radical (unpaired) electrons. The molecule has 1 unspecified atom stereocenters. The molecule has 2 aromatic rings. The largest absolute Gasteiger partial charge is 0.497 e. The Labute approximate surface area is 109 Å². The highest BCUT2D eigenvalue weighted by atomic mass is 16.5. The van der Waals surface area contributed by atoms with Crippen LogP contribution in [0, 0.1) is 0 Å². The van der Waals surface area contributed by atoms with E-state index in [4.69, 9.17) is 9.15 Å². The van der Waals surface area contributed by atoms with Gasteiger partial charge in [0.2, 0.25) is 11.8 Å². The van der Waals surface area contributed by atoms with E-state index >= 15 is 0 Å². The van der Waals surface area contributed by atoms with Crippen molar-refractivity contribution in [3.63, 3.8) is 0 Å². The molecule has 5 heteroatoms. The van der Waals surface area contributed by atoms with E-state index in [1.165, 1.54) is 0 Å². The SMILES string of the molecule is COc1ccc2occ(C3CCC(=O)NC3=O)c2c1. The Bertz CT molecular complexity index is 659. The van der Waals surface area contributed by atoms with Gasteiger partial charge < -0.3 is 9.15 Å². The summed E-state index contributed by atoms with van der Waals surface area (Å²) in [7, 11) is 1.59. The Morgan fingerprint density at radius 1 is 1.37 bits per heavy atom. The minimum atomic E-state index is -0.342. The van der Waals surface area contributed by atoms with E-state index in [0.29, 0.717) is 24.2 Å². The van der Waals surface area contributed by atoms with Gasteiger partial charge in [-0.25, -0.2) is 0 Å². The number of imide groups is 1. The first-order valence-electron chi connectivity index (χ1n) is 6.08. The summed E-state index contributed by atoms with van der Waals surface area (Å²) in [5, 5.41) is 3.22. The van der Waals surface area contributed by atoms with Gasteiger partial charge in [0.15, 0.2) is 0 Å². The molecule has 2 amide bonds. The fourth-order valence-electron chi connectivity index (χ4n) is 2.42. The maximum absolute atomic E-state index is 11.9. The third-order valence-electron chi connectivity index (χ3n) is 3.43. The number of benzene rings is 1. The molecule has 1 aliphatic rings. The molecular weight excluding hydrogens is 246 g/mol. The zero-order valence-electron chi connectivity index (χ0n) is 10.4. The van der Waals surface area contributed by atoms with Gasteiger partial charge in [0.25, 0.3) is 0 Å². The van der Waals surface area contributed by atoms with Gasteiger partial charge in [0, 0.05) is 17.4 Å². The van der Waals surface area contributed by atoms with Gasteiger partial charge in [0.1, 0.15) is 11.3 Å². The van der Waals surface area contributed by atoms with Crippen LogP contribution in [-0.2, 0) is 9.59 Å². The van der Waals surface area contributed by atoms with Gasteiger partial charge in [0.05, 0.1) is 19.3 Å². The number of fused-ring (bicyclic) bond motifs is 1. The van der Waals surface area contributed by atoms with Crippen LogP contribution in [0.1, 0.15) is 24.3 Å². The Kier molecular flexibility index (Phi) is 2.74. The van der Waals surface area contributed by atoms with Crippen molar-refractivity contribution < 1.29 is 18.7 Å². The Hall–Kier alpha value is -2.30. The lowest BCUT2D eigenvalue weighted by molar-refractivity contribution is -0.134. The van der Waals surface area contributed by atoms with Crippen LogP contribution < -0.4 is 10.1 Å². The second-order valence-corrected chi connectivity index (χ2v) is 4.56. The minimum absolute atomic E-state index is 0.216. The number of methoxy groups -OCH3 is 1. The lowest BCUT2D eigenvalue weighted by Crippen LogP contribution is -2.39. The maximum atomic E-state index is 11.9. The smallest absolute Gasteiger partial charge is 0.234 e. The standard InChI is InChI=1S/C14H13NO4/c1-18-8-2-4-12-10(6-8)11(7-19-12)9-3-5-13(16)15-14(9)17/h2,4,6-7,9H,3,5H2,1H3,(H,15,16,17). The monoisotopic (exact) mass is 259 g/mol. The molecule has 2 heterocycles. The van der Waals surface area contributed by atoms with Crippen molar-refractivity contribution in [2.45, 2.75) is 18.8 Å². The van der Waals surface area contributed by atoms with Gasteiger partial charge in [-0.1, -0.05) is 0 Å². The molecule has 1 saturated heterocycles. The summed E-state index contributed by atoms with van der Waals surface area (Å²) in [6.07, 6.45) is 2.45. The van der Waals surface area contributed by atoms with Crippen LogP contribution in [0.3, 0.4) is 0 Å². The number of rotatable bonds is 2. The molecular formula is C14H13NO4. The molecule has 98 valence electrons. The summed E-state index contributed by atoms with van der Waals surface area (Å²) in [5.41, 5.74) is 1.51. The first kappa shape index (κ1) is 11.8. The molecule has 1 aromatic carbocycles. The molecule has 1 aliphatic heterocycles. The zero-order valence-corrected chi connectivity index (χ0v) is 10.4. The van der Waals surface area contributed by atoms with Crippen molar-refractivity contribution in [2.24, 2.45) is 0 Å². The predicted molar refractivity (Wildman–Crippen MR) is 67.9 cm³/mol. The van der Waals surface area contributed by atoms with Crippen molar-refractivity contribution in [1.29, 1.82) is 0 Å². The topological polar surface area (TPSA) is 68.5 Å². The quantitative estimate of drug-likeness (QED) is 0.837. The Morgan fingerprint density at radius 3 is 2.95 bits per heavy atom. The normalized spacial score (nSPS) is 19.5. The van der Waals surface area contributed by atoms with Crippen LogP contribution in [0.2, 0.25) is 0 Å². The average molecular weight is 259 g/mol. The van der Waals surface area contributed by atoms with E-state index in [1.54, 1.807) is 19.4 Å². The third-order valence-corrected chi connectivity index (χ3v) is 3.43. The van der Waals surface area contributed by atoms with Gasteiger partial charge in [-0.05, 0) is 24.6 Å². The molecule has 0 spiro atoms. The van der Waals surface area contributed by atoms with E-state index in [2.05, 4.69) is 5.32 Å². The summed E-state index contributed by atoms with van der Waals surface area (Å²) in [6.45, 7) is 0. The molecule has 1 N–H and O–H groups in total. The number of carbonyl (C=O) groups is 2. The van der Waals surface area contributed by atoms with E-state index in [-0.39, 0.29) is 17.7 Å². The van der Waals surface area contributed by atoms with Crippen molar-refractivity contribution in [2.75, 3.05) is 7.11 Å². The fraction of sp³-hybridized carbons (Fsp3) is 0.286.